The number of anilines is 1. The zero-order valence-corrected chi connectivity index (χ0v) is 15.0. The molecule has 0 aliphatic rings. The van der Waals surface area contributed by atoms with Crippen molar-refractivity contribution in [3.8, 4) is 5.75 Å². The number of amides is 1. The molecule has 0 heterocycles. The quantitative estimate of drug-likeness (QED) is 0.567. The second-order valence-electron chi connectivity index (χ2n) is 5.91. The van der Waals surface area contributed by atoms with E-state index >= 15 is 0 Å². The Morgan fingerprint density at radius 1 is 1.19 bits per heavy atom. The molecule has 2 atom stereocenters. The number of hydrogen-bond acceptors (Lipinski definition) is 5. The largest absolute Gasteiger partial charge is 0.495 e. The Labute approximate surface area is 154 Å². The average Bonchev–Trinajstić information content (AvgIpc) is 2.61. The fourth-order valence-corrected chi connectivity index (χ4v) is 2.54. The fourth-order valence-electron chi connectivity index (χ4n) is 2.54. The number of non-ortho nitro benzene ring substituents is 1. The van der Waals surface area contributed by atoms with Gasteiger partial charge in [0.05, 0.1) is 23.8 Å². The van der Waals surface area contributed by atoms with Gasteiger partial charge in [-0.1, -0.05) is 6.07 Å². The molecule has 0 bridgehead atoms. The Hall–Kier alpha value is -3.07. The number of carbonyl (C=O) groups is 1. The van der Waals surface area contributed by atoms with Crippen molar-refractivity contribution in [1.29, 1.82) is 0 Å². The predicted molar refractivity (Wildman–Crippen MR) is 95.6 cm³/mol. The van der Waals surface area contributed by atoms with Crippen LogP contribution < -0.4 is 15.4 Å². The monoisotopic (exact) mass is 379 g/mol. The van der Waals surface area contributed by atoms with E-state index in [2.05, 4.69) is 10.6 Å². The first-order valence-corrected chi connectivity index (χ1v) is 8.07. The summed E-state index contributed by atoms with van der Waals surface area (Å²) in [5.74, 6) is -1.64. The minimum absolute atomic E-state index is 0.144. The van der Waals surface area contributed by atoms with E-state index in [4.69, 9.17) is 4.74 Å². The summed E-state index contributed by atoms with van der Waals surface area (Å²) >= 11 is 0. The molecule has 2 aromatic rings. The van der Waals surface area contributed by atoms with Gasteiger partial charge in [-0.05, 0) is 26.0 Å². The van der Waals surface area contributed by atoms with Crippen LogP contribution in [-0.2, 0) is 4.79 Å². The summed E-state index contributed by atoms with van der Waals surface area (Å²) in [6.45, 7) is 3.19. The summed E-state index contributed by atoms with van der Waals surface area (Å²) < 4.78 is 32.0. The molecule has 0 radical (unpaired) electrons. The summed E-state index contributed by atoms with van der Waals surface area (Å²) in [5, 5.41) is 16.4. The Morgan fingerprint density at radius 2 is 1.89 bits per heavy atom. The van der Waals surface area contributed by atoms with Gasteiger partial charge in [-0.2, -0.15) is 0 Å². The zero-order valence-electron chi connectivity index (χ0n) is 15.0. The third kappa shape index (κ3) is 4.98. The van der Waals surface area contributed by atoms with Gasteiger partial charge in [0.15, 0.2) is 0 Å². The van der Waals surface area contributed by atoms with Crippen LogP contribution >= 0.6 is 0 Å². The number of hydrogen-bond donors (Lipinski definition) is 2. The second kappa shape index (κ2) is 8.54. The highest BCUT2D eigenvalue weighted by atomic mass is 19.1. The number of rotatable bonds is 7. The molecule has 1 amide bonds. The number of methoxy groups -OCH3 is 1. The van der Waals surface area contributed by atoms with Crippen molar-refractivity contribution >= 4 is 17.3 Å². The maximum Gasteiger partial charge on any atom is 0.271 e. The van der Waals surface area contributed by atoms with Crippen LogP contribution in [0.25, 0.3) is 0 Å². The van der Waals surface area contributed by atoms with Crippen molar-refractivity contribution in [2.45, 2.75) is 25.9 Å². The fraction of sp³-hybridized carbons (Fsp3) is 0.278. The van der Waals surface area contributed by atoms with Crippen molar-refractivity contribution in [1.82, 2.24) is 5.32 Å². The molecule has 2 aromatic carbocycles. The number of benzene rings is 2. The molecule has 0 aliphatic heterocycles. The minimum atomic E-state index is -0.770. The van der Waals surface area contributed by atoms with Crippen LogP contribution in [0.2, 0.25) is 0 Å². The summed E-state index contributed by atoms with van der Waals surface area (Å²) in [6, 6.07) is 5.69. The van der Waals surface area contributed by atoms with Crippen molar-refractivity contribution in [3.63, 3.8) is 0 Å². The van der Waals surface area contributed by atoms with Gasteiger partial charge in [-0.25, -0.2) is 8.78 Å². The van der Waals surface area contributed by atoms with Gasteiger partial charge in [0.25, 0.3) is 5.69 Å². The highest BCUT2D eigenvalue weighted by Crippen LogP contribution is 2.29. The van der Waals surface area contributed by atoms with Crippen LogP contribution in [0, 0.1) is 21.7 Å². The Bertz CT molecular complexity index is 860. The first-order chi connectivity index (χ1) is 12.7. The topological polar surface area (TPSA) is 93.5 Å². The summed E-state index contributed by atoms with van der Waals surface area (Å²) in [7, 11) is 1.37. The Kier molecular flexibility index (Phi) is 6.40. The van der Waals surface area contributed by atoms with E-state index in [9.17, 15) is 23.7 Å². The molecular weight excluding hydrogens is 360 g/mol. The molecule has 0 saturated heterocycles. The van der Waals surface area contributed by atoms with Crippen LogP contribution in [0.3, 0.4) is 0 Å². The molecular formula is C18H19F2N3O4. The number of nitrogens with one attached hydrogen (secondary N) is 2. The van der Waals surface area contributed by atoms with Crippen LogP contribution in [0.1, 0.15) is 25.5 Å². The summed E-state index contributed by atoms with van der Waals surface area (Å²) in [4.78, 5) is 22.7. The lowest BCUT2D eigenvalue weighted by atomic mass is 10.1. The van der Waals surface area contributed by atoms with Crippen molar-refractivity contribution < 1.29 is 23.2 Å². The molecule has 2 N–H and O–H groups in total. The van der Waals surface area contributed by atoms with Gasteiger partial charge in [0.1, 0.15) is 17.4 Å². The van der Waals surface area contributed by atoms with Crippen molar-refractivity contribution in [2.24, 2.45) is 0 Å². The van der Waals surface area contributed by atoms with Crippen molar-refractivity contribution in [3.05, 3.63) is 63.7 Å². The average molecular weight is 379 g/mol. The van der Waals surface area contributed by atoms with Crippen LogP contribution in [0.15, 0.2) is 36.4 Å². The molecule has 0 saturated carbocycles. The van der Waals surface area contributed by atoms with Gasteiger partial charge in [0, 0.05) is 29.8 Å². The number of nitro benzene ring substituents is 1. The lowest BCUT2D eigenvalue weighted by Crippen LogP contribution is -2.39. The maximum absolute atomic E-state index is 13.9. The zero-order chi connectivity index (χ0) is 20.1. The van der Waals surface area contributed by atoms with Crippen LogP contribution in [0.4, 0.5) is 20.2 Å². The van der Waals surface area contributed by atoms with Gasteiger partial charge < -0.3 is 10.1 Å². The molecule has 0 aliphatic carbocycles. The molecule has 0 aromatic heterocycles. The predicted octanol–water partition coefficient (Wildman–Crippen LogP) is 3.56. The molecule has 0 spiro atoms. The SMILES string of the molecule is COc1ccc([N+](=O)[O-])cc1NC(=O)[C@H](C)N[C@@H](C)c1ccc(F)cc1F. The number of nitro groups is 1. The Morgan fingerprint density at radius 3 is 2.48 bits per heavy atom. The van der Waals surface area contributed by atoms with E-state index < -0.39 is 34.5 Å². The number of ether oxygens (including phenoxy) is 1. The molecule has 7 nitrogen and oxygen atoms in total. The van der Waals surface area contributed by atoms with Gasteiger partial charge in [-0.15, -0.1) is 0 Å². The van der Waals surface area contributed by atoms with E-state index in [-0.39, 0.29) is 22.7 Å². The molecule has 2 rings (SSSR count). The molecule has 0 unspecified atom stereocenters. The van der Waals surface area contributed by atoms with Crippen LogP contribution in [-0.4, -0.2) is 24.0 Å². The number of halogens is 2. The molecule has 144 valence electrons. The normalized spacial score (nSPS) is 12.9. The van der Waals surface area contributed by atoms with E-state index in [0.717, 1.165) is 12.1 Å². The number of carbonyl (C=O) groups excluding carboxylic acids is 1. The molecule has 9 heteroatoms. The van der Waals surface area contributed by atoms with Crippen LogP contribution in [0.5, 0.6) is 5.75 Å². The first-order valence-electron chi connectivity index (χ1n) is 8.07. The van der Waals surface area contributed by atoms with Gasteiger partial charge in [-0.3, -0.25) is 20.2 Å². The van der Waals surface area contributed by atoms with E-state index in [1.807, 2.05) is 0 Å². The summed E-state index contributed by atoms with van der Waals surface area (Å²) in [5.41, 5.74) is 0.156. The van der Waals surface area contributed by atoms with E-state index in [1.165, 1.54) is 31.4 Å². The third-order valence-corrected chi connectivity index (χ3v) is 3.97. The number of nitrogens with zero attached hydrogens (tertiary/aromatic N) is 1. The molecule has 27 heavy (non-hydrogen) atoms. The molecule has 0 fully saturated rings. The van der Waals surface area contributed by atoms with E-state index in [1.54, 1.807) is 13.8 Å². The summed E-state index contributed by atoms with van der Waals surface area (Å²) in [6.07, 6.45) is 0. The highest BCUT2D eigenvalue weighted by Gasteiger charge is 2.21. The smallest absolute Gasteiger partial charge is 0.271 e. The second-order valence-corrected chi connectivity index (χ2v) is 5.91. The highest BCUT2D eigenvalue weighted by molar-refractivity contribution is 5.96. The lowest BCUT2D eigenvalue weighted by molar-refractivity contribution is -0.384. The minimum Gasteiger partial charge on any atom is -0.495 e. The third-order valence-electron chi connectivity index (χ3n) is 3.97. The Balaban J connectivity index is 2.11. The standard InChI is InChI=1S/C18H19F2N3O4/c1-10(14-6-4-12(19)8-15(14)20)21-11(2)18(24)22-16-9-13(23(25)26)5-7-17(16)27-3/h4-11,21H,1-3H3,(H,22,24)/t10-,11-/m0/s1. The first kappa shape index (κ1) is 20.2. The van der Waals surface area contributed by atoms with Gasteiger partial charge >= 0.3 is 0 Å². The van der Waals surface area contributed by atoms with Crippen molar-refractivity contribution in [2.75, 3.05) is 12.4 Å². The maximum atomic E-state index is 13.9. The van der Waals surface area contributed by atoms with Gasteiger partial charge in [0.2, 0.25) is 5.91 Å². The van der Waals surface area contributed by atoms with E-state index in [0.29, 0.717) is 0 Å². The lowest BCUT2D eigenvalue weighted by Gasteiger charge is -2.21.